The second-order valence-electron chi connectivity index (χ2n) is 4.83. The molecular formula is C16H18N2O4. The number of amides is 2. The maximum absolute atomic E-state index is 11.9. The Bertz CT molecular complexity index is 656. The number of carbonyl (C=O) groups is 2. The first-order valence-corrected chi connectivity index (χ1v) is 6.83. The number of hydrogen-bond acceptors (Lipinski definition) is 4. The first-order valence-electron chi connectivity index (χ1n) is 6.83. The number of likely N-dealkylation sites (N-methyl/N-ethyl adjacent to an activating group) is 1. The maximum Gasteiger partial charge on any atom is 0.246 e. The van der Waals surface area contributed by atoms with Crippen LogP contribution in [0.25, 0.3) is 6.08 Å². The van der Waals surface area contributed by atoms with Crippen molar-refractivity contribution in [3.05, 3.63) is 53.9 Å². The van der Waals surface area contributed by atoms with Crippen molar-refractivity contribution in [2.45, 2.75) is 13.5 Å². The van der Waals surface area contributed by atoms with E-state index in [9.17, 15) is 9.59 Å². The quantitative estimate of drug-likeness (QED) is 0.828. The highest BCUT2D eigenvalue weighted by Crippen LogP contribution is 2.08. The molecule has 6 heteroatoms. The molecular weight excluding hydrogens is 284 g/mol. The van der Waals surface area contributed by atoms with Gasteiger partial charge in [0.25, 0.3) is 0 Å². The molecule has 2 amide bonds. The van der Waals surface area contributed by atoms with Crippen molar-refractivity contribution < 1.29 is 18.4 Å². The highest BCUT2D eigenvalue weighted by atomic mass is 16.3. The van der Waals surface area contributed by atoms with Gasteiger partial charge in [0, 0.05) is 13.1 Å². The predicted octanol–water partition coefficient (Wildman–Crippen LogP) is 1.97. The number of aryl methyl sites for hydroxylation is 1. The van der Waals surface area contributed by atoms with Gasteiger partial charge in [-0.1, -0.05) is 0 Å². The van der Waals surface area contributed by atoms with Gasteiger partial charge in [-0.2, -0.15) is 0 Å². The van der Waals surface area contributed by atoms with Gasteiger partial charge in [-0.05, 0) is 37.3 Å². The minimum absolute atomic E-state index is 0.0267. The fourth-order valence-corrected chi connectivity index (χ4v) is 1.77. The zero-order valence-corrected chi connectivity index (χ0v) is 12.5. The first-order chi connectivity index (χ1) is 10.5. The Morgan fingerprint density at radius 3 is 2.77 bits per heavy atom. The van der Waals surface area contributed by atoms with E-state index in [-0.39, 0.29) is 18.4 Å². The standard InChI is InChI=1S/C16H18N2O4/c1-12-5-6-13(22-12)7-8-16(20)18(2)11-15(19)17-10-14-4-3-9-21-14/h3-9H,10-11H2,1-2H3,(H,17,19). The Morgan fingerprint density at radius 1 is 1.32 bits per heavy atom. The summed E-state index contributed by atoms with van der Waals surface area (Å²) < 4.78 is 10.4. The number of rotatable bonds is 6. The van der Waals surface area contributed by atoms with E-state index in [1.54, 1.807) is 31.3 Å². The van der Waals surface area contributed by atoms with Crippen LogP contribution in [0.1, 0.15) is 17.3 Å². The molecule has 2 rings (SSSR count). The van der Waals surface area contributed by atoms with Gasteiger partial charge in [0.2, 0.25) is 11.8 Å². The SMILES string of the molecule is Cc1ccc(C=CC(=O)N(C)CC(=O)NCc2ccco2)o1. The van der Waals surface area contributed by atoms with Crippen LogP contribution >= 0.6 is 0 Å². The molecule has 6 nitrogen and oxygen atoms in total. The van der Waals surface area contributed by atoms with E-state index in [4.69, 9.17) is 8.83 Å². The van der Waals surface area contributed by atoms with Gasteiger partial charge >= 0.3 is 0 Å². The molecule has 0 bridgehead atoms. The maximum atomic E-state index is 11.9. The lowest BCUT2D eigenvalue weighted by atomic mass is 10.3. The van der Waals surface area contributed by atoms with E-state index in [1.807, 2.05) is 13.0 Å². The molecule has 0 aliphatic carbocycles. The molecule has 0 fully saturated rings. The van der Waals surface area contributed by atoms with Crippen molar-refractivity contribution in [1.82, 2.24) is 10.2 Å². The molecule has 0 aliphatic rings. The highest BCUT2D eigenvalue weighted by molar-refractivity contribution is 5.93. The van der Waals surface area contributed by atoms with Crippen LogP contribution in [0, 0.1) is 6.92 Å². The lowest BCUT2D eigenvalue weighted by Crippen LogP contribution is -2.37. The summed E-state index contributed by atoms with van der Waals surface area (Å²) in [5, 5.41) is 2.68. The second kappa shape index (κ2) is 7.31. The van der Waals surface area contributed by atoms with Gasteiger partial charge in [-0.25, -0.2) is 0 Å². The van der Waals surface area contributed by atoms with Gasteiger partial charge in [0.15, 0.2) is 0 Å². The fourth-order valence-electron chi connectivity index (χ4n) is 1.77. The molecule has 22 heavy (non-hydrogen) atoms. The third kappa shape index (κ3) is 4.66. The second-order valence-corrected chi connectivity index (χ2v) is 4.83. The first kappa shape index (κ1) is 15.6. The van der Waals surface area contributed by atoms with E-state index in [1.165, 1.54) is 17.2 Å². The van der Waals surface area contributed by atoms with Crippen molar-refractivity contribution in [2.24, 2.45) is 0 Å². The van der Waals surface area contributed by atoms with Gasteiger partial charge in [-0.15, -0.1) is 0 Å². The van der Waals surface area contributed by atoms with Gasteiger partial charge in [0.05, 0.1) is 19.4 Å². The smallest absolute Gasteiger partial charge is 0.246 e. The third-order valence-corrected chi connectivity index (χ3v) is 2.95. The Balaban J connectivity index is 1.77. The van der Waals surface area contributed by atoms with E-state index < -0.39 is 0 Å². The Labute approximate surface area is 128 Å². The number of carbonyl (C=O) groups excluding carboxylic acids is 2. The summed E-state index contributed by atoms with van der Waals surface area (Å²) in [6.45, 7) is 2.10. The van der Waals surface area contributed by atoms with Crippen molar-refractivity contribution in [3.8, 4) is 0 Å². The number of nitrogens with zero attached hydrogens (tertiary/aromatic N) is 1. The van der Waals surface area contributed by atoms with Crippen LogP contribution in [0.15, 0.2) is 45.4 Å². The summed E-state index contributed by atoms with van der Waals surface area (Å²) in [4.78, 5) is 25.0. The minimum Gasteiger partial charge on any atom is -0.467 e. The zero-order valence-electron chi connectivity index (χ0n) is 12.5. The van der Waals surface area contributed by atoms with Crippen LogP contribution in [0.4, 0.5) is 0 Å². The van der Waals surface area contributed by atoms with Crippen LogP contribution in [0.3, 0.4) is 0 Å². The lowest BCUT2D eigenvalue weighted by molar-refractivity contribution is -0.131. The minimum atomic E-state index is -0.276. The van der Waals surface area contributed by atoms with Crippen molar-refractivity contribution in [1.29, 1.82) is 0 Å². The molecule has 0 saturated heterocycles. The van der Waals surface area contributed by atoms with Crippen LogP contribution in [-0.4, -0.2) is 30.3 Å². The Kier molecular flexibility index (Phi) is 5.19. The zero-order chi connectivity index (χ0) is 15.9. The number of nitrogens with one attached hydrogen (secondary N) is 1. The van der Waals surface area contributed by atoms with E-state index in [0.29, 0.717) is 18.1 Å². The normalized spacial score (nSPS) is 10.8. The van der Waals surface area contributed by atoms with E-state index in [0.717, 1.165) is 5.76 Å². The van der Waals surface area contributed by atoms with Crippen LogP contribution in [-0.2, 0) is 16.1 Å². The molecule has 0 radical (unpaired) electrons. The summed E-state index contributed by atoms with van der Waals surface area (Å²) in [7, 11) is 1.56. The van der Waals surface area contributed by atoms with Crippen LogP contribution in [0.2, 0.25) is 0 Å². The lowest BCUT2D eigenvalue weighted by Gasteiger charge is -2.14. The molecule has 0 aliphatic heterocycles. The van der Waals surface area contributed by atoms with Crippen LogP contribution < -0.4 is 5.32 Å². The molecule has 2 aromatic rings. The molecule has 0 spiro atoms. The topological polar surface area (TPSA) is 75.7 Å². The molecule has 1 N–H and O–H groups in total. The molecule has 2 aromatic heterocycles. The number of furan rings is 2. The molecule has 0 unspecified atom stereocenters. The van der Waals surface area contributed by atoms with E-state index in [2.05, 4.69) is 5.32 Å². The van der Waals surface area contributed by atoms with Crippen LogP contribution in [0.5, 0.6) is 0 Å². The molecule has 0 saturated carbocycles. The summed E-state index contributed by atoms with van der Waals surface area (Å²) in [5.41, 5.74) is 0. The van der Waals surface area contributed by atoms with E-state index >= 15 is 0 Å². The average Bonchev–Trinajstić information content (AvgIpc) is 3.14. The van der Waals surface area contributed by atoms with Crippen molar-refractivity contribution in [2.75, 3.05) is 13.6 Å². The third-order valence-electron chi connectivity index (χ3n) is 2.95. The van der Waals surface area contributed by atoms with Crippen molar-refractivity contribution in [3.63, 3.8) is 0 Å². The molecule has 0 aromatic carbocycles. The van der Waals surface area contributed by atoms with Gasteiger partial charge in [-0.3, -0.25) is 9.59 Å². The van der Waals surface area contributed by atoms with Gasteiger partial charge < -0.3 is 19.1 Å². The molecule has 0 atom stereocenters. The Morgan fingerprint density at radius 2 is 2.14 bits per heavy atom. The molecule has 2 heterocycles. The summed E-state index contributed by atoms with van der Waals surface area (Å²) in [6, 6.07) is 7.10. The van der Waals surface area contributed by atoms with Gasteiger partial charge in [0.1, 0.15) is 17.3 Å². The van der Waals surface area contributed by atoms with Crippen molar-refractivity contribution >= 4 is 17.9 Å². The molecule has 116 valence electrons. The monoisotopic (exact) mass is 302 g/mol. The highest BCUT2D eigenvalue weighted by Gasteiger charge is 2.10. The predicted molar refractivity (Wildman–Crippen MR) is 80.7 cm³/mol. The Hall–Kier alpha value is -2.76. The number of hydrogen-bond donors (Lipinski definition) is 1. The average molecular weight is 302 g/mol. The summed E-state index contributed by atoms with van der Waals surface area (Å²) in [5.74, 6) is 1.51. The summed E-state index contributed by atoms with van der Waals surface area (Å²) in [6.07, 6.45) is 4.49. The summed E-state index contributed by atoms with van der Waals surface area (Å²) >= 11 is 0. The largest absolute Gasteiger partial charge is 0.467 e. The fraction of sp³-hybridized carbons (Fsp3) is 0.250.